The van der Waals surface area contributed by atoms with Gasteiger partial charge in [0.25, 0.3) is 0 Å². The van der Waals surface area contributed by atoms with E-state index in [9.17, 15) is 0 Å². The fraction of sp³-hybridized carbons (Fsp3) is 0.267. The summed E-state index contributed by atoms with van der Waals surface area (Å²) in [6.07, 6.45) is 3.67. The minimum absolute atomic E-state index is 0.117. The van der Waals surface area contributed by atoms with E-state index in [2.05, 4.69) is 40.2 Å². The first-order valence-electron chi connectivity index (χ1n) is 6.02. The molecule has 0 radical (unpaired) electrons. The van der Waals surface area contributed by atoms with Crippen LogP contribution in [0.15, 0.2) is 42.7 Å². The number of hydrogen-bond donors (Lipinski definition) is 1. The van der Waals surface area contributed by atoms with Gasteiger partial charge in [0, 0.05) is 32.2 Å². The van der Waals surface area contributed by atoms with Crippen LogP contribution in [0.4, 0.5) is 5.69 Å². The lowest BCUT2D eigenvalue weighted by Gasteiger charge is -2.16. The Morgan fingerprint density at radius 3 is 2.28 bits per heavy atom. The van der Waals surface area contributed by atoms with E-state index >= 15 is 0 Å². The predicted octanol–water partition coefficient (Wildman–Crippen LogP) is 2.50. The van der Waals surface area contributed by atoms with Crippen molar-refractivity contribution in [2.75, 3.05) is 19.0 Å². The summed E-state index contributed by atoms with van der Waals surface area (Å²) < 4.78 is 0. The maximum atomic E-state index is 6.26. The number of nitrogens with zero attached hydrogens (tertiary/aromatic N) is 2. The molecule has 2 aromatic rings. The maximum absolute atomic E-state index is 6.26. The third-order valence-electron chi connectivity index (χ3n) is 3.02. The normalized spacial score (nSPS) is 12.2. The molecule has 3 nitrogen and oxygen atoms in total. The molecule has 1 atom stereocenters. The zero-order valence-corrected chi connectivity index (χ0v) is 11.1. The average Bonchev–Trinajstić information content (AvgIpc) is 2.38. The molecule has 0 spiro atoms. The number of aryl methyl sites for hydroxylation is 1. The number of rotatable bonds is 3. The lowest BCUT2D eigenvalue weighted by atomic mass is 10.00. The largest absolute Gasteiger partial charge is 0.378 e. The molecule has 1 aromatic heterocycles. The summed E-state index contributed by atoms with van der Waals surface area (Å²) in [5.41, 5.74) is 10.7. The van der Waals surface area contributed by atoms with Crippen molar-refractivity contribution in [1.82, 2.24) is 4.98 Å². The number of benzene rings is 1. The van der Waals surface area contributed by atoms with Crippen LogP contribution in [0, 0.1) is 6.92 Å². The van der Waals surface area contributed by atoms with Gasteiger partial charge < -0.3 is 10.6 Å². The molecule has 3 heteroatoms. The molecule has 1 aromatic carbocycles. The van der Waals surface area contributed by atoms with Crippen LogP contribution in [0.25, 0.3) is 0 Å². The van der Waals surface area contributed by atoms with Crippen molar-refractivity contribution in [3.05, 3.63) is 59.4 Å². The summed E-state index contributed by atoms with van der Waals surface area (Å²) in [6, 6.07) is 10.3. The van der Waals surface area contributed by atoms with Gasteiger partial charge in [0.05, 0.1) is 6.04 Å². The van der Waals surface area contributed by atoms with Crippen LogP contribution in [-0.2, 0) is 0 Å². The fourth-order valence-corrected chi connectivity index (χ4v) is 1.92. The van der Waals surface area contributed by atoms with Crippen LogP contribution in [0.2, 0.25) is 0 Å². The fourth-order valence-electron chi connectivity index (χ4n) is 1.92. The van der Waals surface area contributed by atoms with Crippen LogP contribution in [-0.4, -0.2) is 19.1 Å². The van der Waals surface area contributed by atoms with E-state index in [1.807, 2.05) is 33.4 Å². The molecule has 18 heavy (non-hydrogen) atoms. The highest BCUT2D eigenvalue weighted by molar-refractivity contribution is 5.47. The molecule has 1 heterocycles. The zero-order chi connectivity index (χ0) is 13.1. The van der Waals surface area contributed by atoms with Gasteiger partial charge in [-0.15, -0.1) is 0 Å². The number of anilines is 1. The summed E-state index contributed by atoms with van der Waals surface area (Å²) >= 11 is 0. The van der Waals surface area contributed by atoms with Gasteiger partial charge in [-0.2, -0.15) is 0 Å². The molecule has 0 aliphatic rings. The Hall–Kier alpha value is -1.87. The minimum Gasteiger partial charge on any atom is -0.378 e. The third kappa shape index (κ3) is 2.68. The topological polar surface area (TPSA) is 42.1 Å². The number of aromatic nitrogens is 1. The van der Waals surface area contributed by atoms with Crippen LogP contribution in [0.3, 0.4) is 0 Å². The molecule has 0 bridgehead atoms. The molecule has 0 aliphatic heterocycles. The molecule has 1 unspecified atom stereocenters. The Labute approximate surface area is 108 Å². The quantitative estimate of drug-likeness (QED) is 0.897. The second-order valence-corrected chi connectivity index (χ2v) is 4.76. The van der Waals surface area contributed by atoms with E-state index in [1.54, 1.807) is 0 Å². The molecule has 94 valence electrons. The highest BCUT2D eigenvalue weighted by Gasteiger charge is 2.09. The molecule has 0 amide bonds. The SMILES string of the molecule is Cc1cncc(C(N)c2ccc(N(C)C)cc2)c1. The summed E-state index contributed by atoms with van der Waals surface area (Å²) in [5, 5.41) is 0. The Kier molecular flexibility index (Phi) is 3.63. The van der Waals surface area contributed by atoms with E-state index in [-0.39, 0.29) is 6.04 Å². The number of pyridine rings is 1. The van der Waals surface area contributed by atoms with Crippen LogP contribution >= 0.6 is 0 Å². The van der Waals surface area contributed by atoms with Gasteiger partial charge in [-0.1, -0.05) is 18.2 Å². The number of nitrogens with two attached hydrogens (primary N) is 1. The van der Waals surface area contributed by atoms with Gasteiger partial charge in [0.1, 0.15) is 0 Å². The van der Waals surface area contributed by atoms with Crippen molar-refractivity contribution in [2.45, 2.75) is 13.0 Å². The zero-order valence-electron chi connectivity index (χ0n) is 11.1. The predicted molar refractivity (Wildman–Crippen MR) is 75.8 cm³/mol. The van der Waals surface area contributed by atoms with Crippen molar-refractivity contribution in [1.29, 1.82) is 0 Å². The first-order chi connectivity index (χ1) is 8.58. The minimum atomic E-state index is -0.117. The van der Waals surface area contributed by atoms with Crippen molar-refractivity contribution in [3.8, 4) is 0 Å². The summed E-state index contributed by atoms with van der Waals surface area (Å²) in [5.74, 6) is 0. The van der Waals surface area contributed by atoms with E-state index in [0.29, 0.717) is 0 Å². The second-order valence-electron chi connectivity index (χ2n) is 4.76. The van der Waals surface area contributed by atoms with E-state index in [4.69, 9.17) is 5.73 Å². The van der Waals surface area contributed by atoms with Gasteiger partial charge in [-0.05, 0) is 35.7 Å². The Balaban J connectivity index is 2.26. The molecule has 0 aliphatic carbocycles. The molecular weight excluding hydrogens is 222 g/mol. The molecule has 0 fully saturated rings. The smallest absolute Gasteiger partial charge is 0.0567 e. The third-order valence-corrected chi connectivity index (χ3v) is 3.02. The standard InChI is InChI=1S/C15H19N3/c1-11-8-13(10-17-9-11)15(16)12-4-6-14(7-5-12)18(2)3/h4-10,15H,16H2,1-3H3. The van der Waals surface area contributed by atoms with Gasteiger partial charge in [-0.25, -0.2) is 0 Å². The second kappa shape index (κ2) is 5.19. The van der Waals surface area contributed by atoms with Crippen molar-refractivity contribution in [3.63, 3.8) is 0 Å². The monoisotopic (exact) mass is 241 g/mol. The van der Waals surface area contributed by atoms with Crippen molar-refractivity contribution >= 4 is 5.69 Å². The van der Waals surface area contributed by atoms with Crippen LogP contribution in [0.1, 0.15) is 22.7 Å². The summed E-state index contributed by atoms with van der Waals surface area (Å²) in [7, 11) is 4.05. The molecule has 0 saturated heterocycles. The Bertz CT molecular complexity index is 518. The van der Waals surface area contributed by atoms with Crippen LogP contribution < -0.4 is 10.6 Å². The first-order valence-corrected chi connectivity index (χ1v) is 6.02. The van der Waals surface area contributed by atoms with Gasteiger partial charge in [-0.3, -0.25) is 4.98 Å². The molecular formula is C15H19N3. The number of hydrogen-bond acceptors (Lipinski definition) is 3. The average molecular weight is 241 g/mol. The lowest BCUT2D eigenvalue weighted by Crippen LogP contribution is -2.13. The van der Waals surface area contributed by atoms with Crippen molar-refractivity contribution < 1.29 is 0 Å². The maximum Gasteiger partial charge on any atom is 0.0567 e. The highest BCUT2D eigenvalue weighted by atomic mass is 15.1. The van der Waals surface area contributed by atoms with Gasteiger partial charge >= 0.3 is 0 Å². The molecule has 2 rings (SSSR count). The van der Waals surface area contributed by atoms with Gasteiger partial charge in [0.15, 0.2) is 0 Å². The van der Waals surface area contributed by atoms with Crippen LogP contribution in [0.5, 0.6) is 0 Å². The van der Waals surface area contributed by atoms with E-state index in [0.717, 1.165) is 16.7 Å². The lowest BCUT2D eigenvalue weighted by molar-refractivity contribution is 0.860. The summed E-state index contributed by atoms with van der Waals surface area (Å²) in [6.45, 7) is 2.03. The van der Waals surface area contributed by atoms with E-state index in [1.165, 1.54) is 5.69 Å². The molecule has 0 saturated carbocycles. The van der Waals surface area contributed by atoms with E-state index < -0.39 is 0 Å². The first kappa shape index (κ1) is 12.6. The highest BCUT2D eigenvalue weighted by Crippen LogP contribution is 2.22. The Morgan fingerprint density at radius 1 is 1.06 bits per heavy atom. The molecule has 2 N–H and O–H groups in total. The van der Waals surface area contributed by atoms with Gasteiger partial charge in [0.2, 0.25) is 0 Å². The van der Waals surface area contributed by atoms with Crippen molar-refractivity contribution in [2.24, 2.45) is 5.73 Å². The summed E-state index contributed by atoms with van der Waals surface area (Å²) in [4.78, 5) is 6.26. The Morgan fingerprint density at radius 2 is 1.72 bits per heavy atom.